The molecule has 5 rings (SSSR count). The van der Waals surface area contributed by atoms with E-state index in [4.69, 9.17) is 4.42 Å². The summed E-state index contributed by atoms with van der Waals surface area (Å²) in [6.45, 7) is 1.28. The molecule has 0 unspecified atom stereocenters. The minimum atomic E-state index is -4.10. The van der Waals surface area contributed by atoms with Crippen molar-refractivity contribution in [2.45, 2.75) is 37.5 Å². The Hall–Kier alpha value is -3.12. The number of rotatable bonds is 3. The van der Waals surface area contributed by atoms with E-state index < -0.39 is 15.9 Å². The highest BCUT2D eigenvalue weighted by Crippen LogP contribution is 2.36. The number of furan rings is 1. The lowest BCUT2D eigenvalue weighted by Crippen LogP contribution is -2.35. The van der Waals surface area contributed by atoms with Gasteiger partial charge in [-0.05, 0) is 48.9 Å². The fourth-order valence-electron chi connectivity index (χ4n) is 4.39. The molecule has 0 bridgehead atoms. The first-order valence-electron chi connectivity index (χ1n) is 10.0. The number of carbonyl (C=O) groups is 1. The van der Waals surface area contributed by atoms with Crippen LogP contribution in [-0.2, 0) is 27.7 Å². The topological polar surface area (TPSA) is 67.6 Å². The summed E-state index contributed by atoms with van der Waals surface area (Å²) in [5.41, 5.74) is 2.19. The molecule has 1 heterocycles. The van der Waals surface area contributed by atoms with Gasteiger partial charge >= 0.3 is 0 Å². The average Bonchev–Trinajstić information content (AvgIpc) is 3.11. The van der Waals surface area contributed by atoms with E-state index in [1.54, 1.807) is 42.5 Å². The molecule has 0 aliphatic heterocycles. The molecule has 152 valence electrons. The number of aryl methyl sites for hydroxylation is 2. The predicted octanol–water partition coefficient (Wildman–Crippen LogP) is 5.21. The number of carbonyl (C=O) groups excluding carboxylic acids is 1. The monoisotopic (exact) mass is 419 g/mol. The maximum absolute atomic E-state index is 13.6. The van der Waals surface area contributed by atoms with Crippen molar-refractivity contribution in [2.24, 2.45) is 0 Å². The zero-order valence-corrected chi connectivity index (χ0v) is 17.4. The molecule has 0 radical (unpaired) electrons. The maximum Gasteiger partial charge on any atom is 0.271 e. The number of nitrogens with zero attached hydrogens (tertiary/aromatic N) is 1. The molecule has 6 heteroatoms. The maximum atomic E-state index is 13.6. The minimum Gasteiger partial charge on any atom is -0.461 e. The lowest BCUT2D eigenvalue weighted by Gasteiger charge is -2.22. The Labute approximate surface area is 175 Å². The van der Waals surface area contributed by atoms with Gasteiger partial charge in [-0.1, -0.05) is 36.4 Å². The molecule has 1 amide bonds. The number of hydrogen-bond donors (Lipinski definition) is 0. The minimum absolute atomic E-state index is 0.116. The molecule has 30 heavy (non-hydrogen) atoms. The molecule has 0 spiro atoms. The highest BCUT2D eigenvalue weighted by Gasteiger charge is 2.31. The Bertz CT molecular complexity index is 1400. The Kier molecular flexibility index (Phi) is 4.40. The van der Waals surface area contributed by atoms with Gasteiger partial charge in [0.15, 0.2) is 0 Å². The predicted molar refractivity (Wildman–Crippen MR) is 117 cm³/mol. The molecule has 1 aliphatic carbocycles. The number of fused-ring (bicyclic) bond motifs is 4. The van der Waals surface area contributed by atoms with Crippen molar-refractivity contribution >= 4 is 43.4 Å². The standard InChI is InChI=1S/C24H21NO4S/c1-16(26)25(30(27,28)24-12-6-8-17-7-2-3-9-19(17)24)18-13-14-23-21(15-18)20-10-4-5-11-22(20)29-23/h2-3,6-9,12-15H,4-5,10-11H2,1H3. The van der Waals surface area contributed by atoms with E-state index in [0.717, 1.165) is 57.7 Å². The second-order valence-electron chi connectivity index (χ2n) is 7.66. The van der Waals surface area contributed by atoms with Gasteiger partial charge < -0.3 is 4.42 Å². The van der Waals surface area contributed by atoms with Crippen LogP contribution < -0.4 is 4.31 Å². The lowest BCUT2D eigenvalue weighted by molar-refractivity contribution is -0.115. The first-order chi connectivity index (χ1) is 14.5. The highest BCUT2D eigenvalue weighted by molar-refractivity contribution is 7.93. The highest BCUT2D eigenvalue weighted by atomic mass is 32.2. The van der Waals surface area contributed by atoms with E-state index >= 15 is 0 Å². The second-order valence-corrected chi connectivity index (χ2v) is 9.41. The van der Waals surface area contributed by atoms with Crippen molar-refractivity contribution in [1.82, 2.24) is 0 Å². The van der Waals surface area contributed by atoms with Gasteiger partial charge in [0.25, 0.3) is 10.0 Å². The SMILES string of the molecule is CC(=O)N(c1ccc2oc3c(c2c1)CCCC3)S(=O)(=O)c1cccc2ccccc12. The van der Waals surface area contributed by atoms with E-state index in [-0.39, 0.29) is 4.90 Å². The average molecular weight is 420 g/mol. The Morgan fingerprint density at radius 1 is 0.933 bits per heavy atom. The van der Waals surface area contributed by atoms with Gasteiger partial charge in [-0.3, -0.25) is 4.79 Å². The lowest BCUT2D eigenvalue weighted by atomic mass is 9.96. The summed E-state index contributed by atoms with van der Waals surface area (Å²) in [6, 6.07) is 17.5. The summed E-state index contributed by atoms with van der Waals surface area (Å²) in [5.74, 6) is 0.416. The molecule has 0 N–H and O–H groups in total. The summed E-state index contributed by atoms with van der Waals surface area (Å²) in [6.07, 6.45) is 3.97. The van der Waals surface area contributed by atoms with E-state index in [0.29, 0.717) is 11.1 Å². The van der Waals surface area contributed by atoms with Gasteiger partial charge in [0, 0.05) is 29.7 Å². The molecule has 3 aromatic carbocycles. The number of hydrogen-bond acceptors (Lipinski definition) is 4. The number of anilines is 1. The van der Waals surface area contributed by atoms with Gasteiger partial charge in [0.2, 0.25) is 5.91 Å². The smallest absolute Gasteiger partial charge is 0.271 e. The largest absolute Gasteiger partial charge is 0.461 e. The number of amides is 1. The zero-order chi connectivity index (χ0) is 20.9. The Morgan fingerprint density at radius 2 is 1.70 bits per heavy atom. The Morgan fingerprint density at radius 3 is 2.53 bits per heavy atom. The van der Waals surface area contributed by atoms with Crippen LogP contribution in [-0.4, -0.2) is 14.3 Å². The van der Waals surface area contributed by atoms with Crippen LogP contribution in [0.3, 0.4) is 0 Å². The van der Waals surface area contributed by atoms with E-state index in [1.807, 2.05) is 18.2 Å². The van der Waals surface area contributed by atoms with Crippen molar-refractivity contribution in [3.05, 3.63) is 72.0 Å². The number of sulfonamides is 1. The van der Waals surface area contributed by atoms with Crippen molar-refractivity contribution in [3.8, 4) is 0 Å². The van der Waals surface area contributed by atoms with E-state index in [2.05, 4.69) is 0 Å². The fourth-order valence-corrected chi connectivity index (χ4v) is 6.03. The fraction of sp³-hybridized carbons (Fsp3) is 0.208. The van der Waals surface area contributed by atoms with Crippen LogP contribution in [0, 0.1) is 0 Å². The summed E-state index contributed by atoms with van der Waals surface area (Å²) >= 11 is 0. The molecular formula is C24H21NO4S. The van der Waals surface area contributed by atoms with Crippen LogP contribution in [0.5, 0.6) is 0 Å². The summed E-state index contributed by atoms with van der Waals surface area (Å²) in [4.78, 5) is 12.7. The normalized spacial score (nSPS) is 14.0. The molecule has 0 fully saturated rings. The van der Waals surface area contributed by atoms with Crippen LogP contribution >= 0.6 is 0 Å². The summed E-state index contributed by atoms with van der Waals surface area (Å²) in [7, 11) is -4.10. The molecule has 0 saturated carbocycles. The molecule has 1 aliphatic rings. The van der Waals surface area contributed by atoms with Crippen LogP contribution in [0.1, 0.15) is 31.1 Å². The zero-order valence-electron chi connectivity index (χ0n) is 16.6. The molecule has 4 aromatic rings. The third-order valence-corrected chi connectivity index (χ3v) is 7.59. The molecule has 0 saturated heterocycles. The van der Waals surface area contributed by atoms with Gasteiger partial charge in [-0.25, -0.2) is 12.7 Å². The van der Waals surface area contributed by atoms with Gasteiger partial charge in [-0.15, -0.1) is 0 Å². The summed E-state index contributed by atoms with van der Waals surface area (Å²) in [5, 5.41) is 2.29. The van der Waals surface area contributed by atoms with Crippen LogP contribution in [0.4, 0.5) is 5.69 Å². The quantitative estimate of drug-likeness (QED) is 0.457. The van der Waals surface area contributed by atoms with Crippen LogP contribution in [0.2, 0.25) is 0 Å². The van der Waals surface area contributed by atoms with Crippen LogP contribution in [0.25, 0.3) is 21.7 Å². The van der Waals surface area contributed by atoms with Crippen molar-refractivity contribution < 1.29 is 17.6 Å². The third-order valence-electron chi connectivity index (χ3n) is 5.73. The van der Waals surface area contributed by atoms with Crippen molar-refractivity contribution in [1.29, 1.82) is 0 Å². The van der Waals surface area contributed by atoms with Crippen molar-refractivity contribution in [2.75, 3.05) is 4.31 Å². The van der Waals surface area contributed by atoms with E-state index in [9.17, 15) is 13.2 Å². The first-order valence-corrected chi connectivity index (χ1v) is 11.5. The molecular weight excluding hydrogens is 398 g/mol. The van der Waals surface area contributed by atoms with Gasteiger partial charge in [0.05, 0.1) is 10.6 Å². The van der Waals surface area contributed by atoms with Crippen molar-refractivity contribution in [3.63, 3.8) is 0 Å². The number of benzene rings is 3. The Balaban J connectivity index is 1.69. The second kappa shape index (κ2) is 6.99. The van der Waals surface area contributed by atoms with Gasteiger partial charge in [-0.2, -0.15) is 0 Å². The summed E-state index contributed by atoms with van der Waals surface area (Å²) < 4.78 is 34.1. The van der Waals surface area contributed by atoms with E-state index in [1.165, 1.54) is 6.92 Å². The molecule has 5 nitrogen and oxygen atoms in total. The van der Waals surface area contributed by atoms with Gasteiger partial charge in [0.1, 0.15) is 11.3 Å². The third kappa shape index (κ3) is 2.91. The molecule has 0 atom stereocenters. The van der Waals surface area contributed by atoms with Crippen LogP contribution in [0.15, 0.2) is 70.0 Å². The molecule has 1 aromatic heterocycles. The first kappa shape index (κ1) is 18.9.